The number of halogens is 1. The second-order valence-corrected chi connectivity index (χ2v) is 16.4. The minimum atomic E-state index is -0.618. The standard InChI is InChI=1S/C43H48FN11O4S/c1-3-52(2)60-51-35-6-4-5-32(39(35)44)40(58)34-25-46-41-33(34)21-29(22-45-41)30-23-47-43(48-24-30)55-19-17-54(18-20-55)38(57)26-53-15-13-28(14-16-53)27-7-9-31(10-8-27)49-36-11-12-37(56)50-42(36)59/h4-10,21-25,28,36,49,51H,3,11-20,26H2,1-2H3,(H,45,46)(H,50,56,59). The van der Waals surface area contributed by atoms with Crippen LogP contribution in [0, 0.1) is 5.82 Å². The van der Waals surface area contributed by atoms with Gasteiger partial charge in [0.2, 0.25) is 23.7 Å². The number of rotatable bonds is 13. The van der Waals surface area contributed by atoms with Crippen molar-refractivity contribution in [2.75, 3.05) is 74.3 Å². The van der Waals surface area contributed by atoms with Gasteiger partial charge >= 0.3 is 0 Å². The quantitative estimate of drug-likeness (QED) is 0.0706. The lowest BCUT2D eigenvalue weighted by atomic mass is 9.89. The van der Waals surface area contributed by atoms with Gasteiger partial charge in [-0.1, -0.05) is 25.1 Å². The summed E-state index contributed by atoms with van der Waals surface area (Å²) < 4.78 is 20.4. The highest BCUT2D eigenvalue weighted by molar-refractivity contribution is 7.98. The van der Waals surface area contributed by atoms with Gasteiger partial charge in [-0.05, 0) is 81.2 Å². The summed E-state index contributed by atoms with van der Waals surface area (Å²) in [6, 6.07) is 14.4. The number of piperidine rings is 2. The van der Waals surface area contributed by atoms with Crippen LogP contribution in [0.1, 0.15) is 60.0 Å². The number of hydrogen-bond donors (Lipinski definition) is 4. The average molecular weight is 834 g/mol. The van der Waals surface area contributed by atoms with Crippen molar-refractivity contribution < 1.29 is 23.6 Å². The van der Waals surface area contributed by atoms with Crippen LogP contribution in [0.2, 0.25) is 0 Å². The molecule has 60 heavy (non-hydrogen) atoms. The van der Waals surface area contributed by atoms with Crippen molar-refractivity contribution in [3.8, 4) is 11.1 Å². The van der Waals surface area contributed by atoms with Crippen molar-refractivity contribution in [2.45, 2.75) is 44.6 Å². The summed E-state index contributed by atoms with van der Waals surface area (Å²) in [5, 5.41) is 6.19. The highest BCUT2D eigenvalue weighted by Gasteiger charge is 2.29. The molecule has 3 aliphatic rings. The van der Waals surface area contributed by atoms with Crippen molar-refractivity contribution in [3.63, 3.8) is 0 Å². The molecule has 5 aromatic rings. The molecule has 6 heterocycles. The van der Waals surface area contributed by atoms with Crippen LogP contribution >= 0.6 is 12.1 Å². The fraction of sp³-hybridized carbons (Fsp3) is 0.372. The number of ketones is 1. The van der Waals surface area contributed by atoms with Gasteiger partial charge < -0.3 is 24.8 Å². The number of nitrogens with one attached hydrogen (secondary N) is 4. The van der Waals surface area contributed by atoms with E-state index in [0.29, 0.717) is 79.6 Å². The van der Waals surface area contributed by atoms with E-state index in [4.69, 9.17) is 0 Å². The number of likely N-dealkylation sites (tertiary alicyclic amines) is 1. The molecule has 4 N–H and O–H groups in total. The first-order valence-electron chi connectivity index (χ1n) is 20.4. The number of imide groups is 1. The minimum Gasteiger partial charge on any atom is -0.374 e. The molecule has 3 amide bonds. The van der Waals surface area contributed by atoms with E-state index in [1.165, 1.54) is 23.8 Å². The summed E-state index contributed by atoms with van der Waals surface area (Å²) in [7, 11) is 1.88. The number of aromatic nitrogens is 4. The topological polar surface area (TPSA) is 172 Å². The molecular formula is C43H48FN11O4S. The Kier molecular flexibility index (Phi) is 12.4. The molecule has 1 atom stereocenters. The van der Waals surface area contributed by atoms with Gasteiger partial charge in [0.15, 0.2) is 11.6 Å². The Bertz CT molecular complexity index is 2360. The lowest BCUT2D eigenvalue weighted by Crippen LogP contribution is -2.52. The third kappa shape index (κ3) is 9.12. The molecule has 312 valence electrons. The van der Waals surface area contributed by atoms with E-state index in [0.717, 1.165) is 43.7 Å². The smallest absolute Gasteiger partial charge is 0.249 e. The van der Waals surface area contributed by atoms with Crippen molar-refractivity contribution in [2.24, 2.45) is 0 Å². The zero-order valence-corrected chi connectivity index (χ0v) is 34.4. The Balaban J connectivity index is 0.814. The van der Waals surface area contributed by atoms with Crippen LogP contribution in [0.4, 0.5) is 21.7 Å². The van der Waals surface area contributed by atoms with Crippen molar-refractivity contribution in [1.82, 2.24) is 39.4 Å². The molecule has 1 unspecified atom stereocenters. The molecule has 3 aliphatic heterocycles. The Morgan fingerprint density at radius 3 is 2.37 bits per heavy atom. The third-order valence-electron chi connectivity index (χ3n) is 11.6. The number of carbonyl (C=O) groups excluding carboxylic acids is 4. The fourth-order valence-corrected chi connectivity index (χ4v) is 8.40. The van der Waals surface area contributed by atoms with Gasteiger partial charge in [0, 0.05) is 104 Å². The largest absolute Gasteiger partial charge is 0.374 e. The van der Waals surface area contributed by atoms with E-state index in [9.17, 15) is 19.2 Å². The molecule has 0 saturated carbocycles. The molecule has 8 rings (SSSR count). The van der Waals surface area contributed by atoms with E-state index in [-0.39, 0.29) is 29.0 Å². The van der Waals surface area contributed by atoms with E-state index in [2.05, 4.69) is 57.2 Å². The van der Waals surface area contributed by atoms with Gasteiger partial charge in [-0.25, -0.2) is 23.6 Å². The predicted octanol–water partition coefficient (Wildman–Crippen LogP) is 5.06. The second kappa shape index (κ2) is 18.1. The molecule has 0 bridgehead atoms. The van der Waals surface area contributed by atoms with Crippen LogP contribution < -0.4 is 20.3 Å². The molecule has 17 heteroatoms. The van der Waals surface area contributed by atoms with Crippen LogP contribution in [-0.2, 0) is 14.4 Å². The van der Waals surface area contributed by atoms with Crippen LogP contribution in [0.3, 0.4) is 0 Å². The maximum Gasteiger partial charge on any atom is 0.249 e. The maximum atomic E-state index is 15.5. The Morgan fingerprint density at radius 1 is 0.917 bits per heavy atom. The SMILES string of the molecule is CCN(C)SNc1cccc(C(=O)c2c[nH]c3ncc(-c4cnc(N5CCN(C(=O)CN6CCC(c7ccc(NC8CCC(=O)NC8=O)cc7)CC6)CC5)nc4)cc23)c1F. The second-order valence-electron chi connectivity index (χ2n) is 15.4. The van der Waals surface area contributed by atoms with Gasteiger partial charge in [0.05, 0.1) is 17.8 Å². The summed E-state index contributed by atoms with van der Waals surface area (Å²) in [5.41, 5.74) is 4.56. The molecule has 3 saturated heterocycles. The first-order valence-corrected chi connectivity index (χ1v) is 21.1. The summed E-state index contributed by atoms with van der Waals surface area (Å²) in [4.78, 5) is 73.6. The number of fused-ring (bicyclic) bond motifs is 1. The van der Waals surface area contributed by atoms with E-state index < -0.39 is 17.6 Å². The molecule has 0 spiro atoms. The van der Waals surface area contributed by atoms with E-state index in [1.807, 2.05) is 41.4 Å². The first kappa shape index (κ1) is 40.9. The van der Waals surface area contributed by atoms with Crippen LogP contribution in [0.15, 0.2) is 73.3 Å². The van der Waals surface area contributed by atoms with Gasteiger partial charge in [-0.15, -0.1) is 0 Å². The molecule has 0 aliphatic carbocycles. The number of aromatic amines is 1. The Labute approximate surface area is 351 Å². The summed E-state index contributed by atoms with van der Waals surface area (Å²) >= 11 is 1.25. The number of hydrogen-bond acceptors (Lipinski definition) is 13. The number of H-pyrrole nitrogens is 1. The number of carbonyl (C=O) groups is 4. The van der Waals surface area contributed by atoms with E-state index in [1.54, 1.807) is 36.9 Å². The summed E-state index contributed by atoms with van der Waals surface area (Å²) in [6.07, 6.45) is 9.46. The predicted molar refractivity (Wildman–Crippen MR) is 230 cm³/mol. The van der Waals surface area contributed by atoms with Crippen LogP contribution in [0.5, 0.6) is 0 Å². The molecule has 0 radical (unpaired) electrons. The van der Waals surface area contributed by atoms with Crippen molar-refractivity contribution in [3.05, 3.63) is 95.8 Å². The number of pyridine rings is 1. The Morgan fingerprint density at radius 2 is 1.65 bits per heavy atom. The zero-order chi connectivity index (χ0) is 41.8. The summed E-state index contributed by atoms with van der Waals surface area (Å²) in [6.45, 7) is 7.23. The summed E-state index contributed by atoms with van der Waals surface area (Å²) in [5.74, 6) is -0.466. The number of nitrogens with zero attached hydrogens (tertiary/aromatic N) is 7. The number of piperazine rings is 1. The highest BCUT2D eigenvalue weighted by Crippen LogP contribution is 2.31. The average Bonchev–Trinajstić information content (AvgIpc) is 3.71. The lowest BCUT2D eigenvalue weighted by molar-refractivity contribution is -0.134. The molecule has 3 fully saturated rings. The molecular weight excluding hydrogens is 786 g/mol. The van der Waals surface area contributed by atoms with Crippen LogP contribution in [0.25, 0.3) is 22.2 Å². The fourth-order valence-electron chi connectivity index (χ4n) is 7.86. The Hall–Kier alpha value is -5.91. The minimum absolute atomic E-state index is 0.0377. The van der Waals surface area contributed by atoms with E-state index >= 15 is 4.39 Å². The lowest BCUT2D eigenvalue weighted by Gasteiger charge is -2.37. The number of anilines is 3. The normalized spacial score (nSPS) is 17.9. The van der Waals surface area contributed by atoms with Crippen LogP contribution in [-0.4, -0.2) is 123 Å². The maximum absolute atomic E-state index is 15.5. The number of amides is 3. The van der Waals surface area contributed by atoms with Crippen molar-refractivity contribution in [1.29, 1.82) is 0 Å². The number of benzene rings is 2. The highest BCUT2D eigenvalue weighted by atomic mass is 32.2. The first-order chi connectivity index (χ1) is 29.1. The third-order valence-corrected chi connectivity index (χ3v) is 12.5. The van der Waals surface area contributed by atoms with Gasteiger partial charge in [0.1, 0.15) is 11.7 Å². The van der Waals surface area contributed by atoms with Gasteiger partial charge in [0.25, 0.3) is 0 Å². The monoisotopic (exact) mass is 833 g/mol. The van der Waals surface area contributed by atoms with Crippen molar-refractivity contribution >= 4 is 64.0 Å². The molecule has 15 nitrogen and oxygen atoms in total. The van der Waals surface area contributed by atoms with Gasteiger partial charge in [-0.3, -0.25) is 29.4 Å². The molecule has 2 aromatic carbocycles. The zero-order valence-electron chi connectivity index (χ0n) is 33.6. The molecule has 3 aromatic heterocycles. The van der Waals surface area contributed by atoms with Gasteiger partial charge in [-0.2, -0.15) is 0 Å².